The zero-order chi connectivity index (χ0) is 28.6. The van der Waals surface area contributed by atoms with E-state index in [2.05, 4.69) is 10.6 Å². The summed E-state index contributed by atoms with van der Waals surface area (Å²) in [6.07, 6.45) is 15.7. The van der Waals surface area contributed by atoms with Crippen LogP contribution < -0.4 is 10.6 Å². The lowest BCUT2D eigenvalue weighted by atomic mass is 9.75. The standard InChI is InChI=1S/C33H46FN3O4/c1-2-35-30(38)16-12-23-11-13-25(34)18-24(23)19-27-28-14-15-29(41-28)32(27)33-37-26(21-40-33)20-31(39)36-17-7-6-10-22-8-4-3-5-9-22/h11,13,18,21-22,27-29,32H,2-10,12,14-17,19-20H2,1H3,(H,35,38)(H,36,39)/t27-,28+,29+,32-/m0/s1. The maximum absolute atomic E-state index is 14.3. The lowest BCUT2D eigenvalue weighted by Gasteiger charge is -2.26. The van der Waals surface area contributed by atoms with Crippen molar-refractivity contribution in [2.45, 2.75) is 115 Å². The van der Waals surface area contributed by atoms with Gasteiger partial charge in [-0.15, -0.1) is 0 Å². The lowest BCUT2D eigenvalue weighted by Crippen LogP contribution is -2.28. The Morgan fingerprint density at radius 3 is 2.66 bits per heavy atom. The Bertz CT molecular complexity index is 1160. The molecule has 5 rings (SSSR count). The van der Waals surface area contributed by atoms with E-state index < -0.39 is 0 Å². The van der Waals surface area contributed by atoms with E-state index in [1.165, 1.54) is 51.0 Å². The van der Waals surface area contributed by atoms with Gasteiger partial charge in [0.2, 0.25) is 11.8 Å². The van der Waals surface area contributed by atoms with E-state index in [1.807, 2.05) is 6.92 Å². The highest BCUT2D eigenvalue weighted by atomic mass is 19.1. The minimum Gasteiger partial charge on any atom is -0.448 e. The van der Waals surface area contributed by atoms with Crippen LogP contribution in [0.5, 0.6) is 0 Å². The van der Waals surface area contributed by atoms with Crippen molar-refractivity contribution in [2.24, 2.45) is 11.8 Å². The van der Waals surface area contributed by atoms with Crippen LogP contribution in [0.2, 0.25) is 0 Å². The van der Waals surface area contributed by atoms with Gasteiger partial charge in [-0.25, -0.2) is 9.37 Å². The number of carbonyl (C=O) groups is 2. The Morgan fingerprint density at radius 1 is 1.00 bits per heavy atom. The van der Waals surface area contributed by atoms with Gasteiger partial charge in [0, 0.05) is 25.4 Å². The third kappa shape index (κ3) is 7.97. The second kappa shape index (κ2) is 14.4. The van der Waals surface area contributed by atoms with E-state index in [1.54, 1.807) is 18.4 Å². The Morgan fingerprint density at radius 2 is 1.83 bits per heavy atom. The molecule has 41 heavy (non-hydrogen) atoms. The van der Waals surface area contributed by atoms with Crippen LogP contribution in [-0.2, 0) is 33.6 Å². The van der Waals surface area contributed by atoms with Crippen molar-refractivity contribution in [3.8, 4) is 0 Å². The first-order chi connectivity index (χ1) is 20.0. The number of nitrogens with one attached hydrogen (secondary N) is 2. The molecule has 224 valence electrons. The fraction of sp³-hybridized carbons (Fsp3) is 0.667. The van der Waals surface area contributed by atoms with Gasteiger partial charge in [0.15, 0.2) is 5.89 Å². The topological polar surface area (TPSA) is 93.5 Å². The van der Waals surface area contributed by atoms with Crippen molar-refractivity contribution in [1.29, 1.82) is 0 Å². The fourth-order valence-electron chi connectivity index (χ4n) is 7.24. The second-order valence-corrected chi connectivity index (χ2v) is 12.3. The van der Waals surface area contributed by atoms with Crippen LogP contribution in [0, 0.1) is 17.7 Å². The molecule has 7 nitrogen and oxygen atoms in total. The summed E-state index contributed by atoms with van der Waals surface area (Å²) < 4.78 is 26.6. The lowest BCUT2D eigenvalue weighted by molar-refractivity contribution is -0.121. The molecular weight excluding hydrogens is 521 g/mol. The Hall–Kier alpha value is -2.74. The first-order valence-corrected chi connectivity index (χ1v) is 15.9. The van der Waals surface area contributed by atoms with Crippen molar-refractivity contribution in [3.63, 3.8) is 0 Å². The first kappa shape index (κ1) is 29.7. The van der Waals surface area contributed by atoms with Gasteiger partial charge in [0.05, 0.1) is 30.2 Å². The Kier molecular flexibility index (Phi) is 10.5. The minimum atomic E-state index is -0.277. The van der Waals surface area contributed by atoms with Crippen molar-refractivity contribution in [1.82, 2.24) is 15.6 Å². The molecule has 1 aromatic carbocycles. The predicted molar refractivity (Wildman–Crippen MR) is 155 cm³/mol. The summed E-state index contributed by atoms with van der Waals surface area (Å²) in [5.74, 6) is 1.25. The number of hydrogen-bond donors (Lipinski definition) is 2. The van der Waals surface area contributed by atoms with Crippen LogP contribution >= 0.6 is 0 Å². The van der Waals surface area contributed by atoms with Gasteiger partial charge in [-0.3, -0.25) is 9.59 Å². The molecule has 2 aliphatic heterocycles. The molecule has 0 radical (unpaired) electrons. The van der Waals surface area contributed by atoms with Crippen LogP contribution in [0.25, 0.3) is 0 Å². The molecule has 2 N–H and O–H groups in total. The van der Waals surface area contributed by atoms with Crippen molar-refractivity contribution in [3.05, 3.63) is 53.0 Å². The molecule has 1 aromatic heterocycles. The number of rotatable bonds is 14. The van der Waals surface area contributed by atoms with E-state index in [0.29, 0.717) is 43.9 Å². The van der Waals surface area contributed by atoms with Gasteiger partial charge < -0.3 is 19.8 Å². The van der Waals surface area contributed by atoms with Gasteiger partial charge in [-0.1, -0.05) is 51.0 Å². The molecule has 4 atom stereocenters. The maximum atomic E-state index is 14.3. The molecule has 1 aliphatic carbocycles. The molecule has 0 unspecified atom stereocenters. The summed E-state index contributed by atoms with van der Waals surface area (Å²) >= 11 is 0. The van der Waals surface area contributed by atoms with E-state index >= 15 is 0 Å². The number of ether oxygens (including phenoxy) is 1. The summed E-state index contributed by atoms with van der Waals surface area (Å²) in [6, 6.07) is 4.86. The molecule has 2 saturated heterocycles. The van der Waals surface area contributed by atoms with E-state index in [-0.39, 0.29) is 48.1 Å². The molecule has 3 heterocycles. The Balaban J connectivity index is 1.15. The van der Waals surface area contributed by atoms with Crippen LogP contribution in [-0.4, -0.2) is 42.1 Å². The van der Waals surface area contributed by atoms with Crippen LogP contribution in [0.3, 0.4) is 0 Å². The third-order valence-electron chi connectivity index (χ3n) is 9.33. The summed E-state index contributed by atoms with van der Waals surface area (Å²) in [7, 11) is 0. The number of unbranched alkanes of at least 4 members (excludes halogenated alkanes) is 1. The quantitative estimate of drug-likeness (QED) is 0.282. The van der Waals surface area contributed by atoms with Crippen molar-refractivity contribution < 1.29 is 23.1 Å². The highest BCUT2D eigenvalue weighted by Crippen LogP contribution is 2.50. The minimum absolute atomic E-state index is 0.000272. The van der Waals surface area contributed by atoms with Gasteiger partial charge in [0.25, 0.3) is 0 Å². The van der Waals surface area contributed by atoms with E-state index in [9.17, 15) is 14.0 Å². The number of benzene rings is 1. The number of oxazole rings is 1. The number of aromatic nitrogens is 1. The molecule has 3 aliphatic rings. The highest BCUT2D eigenvalue weighted by molar-refractivity contribution is 5.78. The summed E-state index contributed by atoms with van der Waals surface area (Å²) in [5, 5.41) is 5.88. The number of aryl methyl sites for hydroxylation is 1. The molecule has 2 amide bonds. The summed E-state index contributed by atoms with van der Waals surface area (Å²) in [6.45, 7) is 3.20. The van der Waals surface area contributed by atoms with Gasteiger partial charge in [-0.2, -0.15) is 0 Å². The number of halogens is 1. The maximum Gasteiger partial charge on any atom is 0.226 e. The van der Waals surface area contributed by atoms with E-state index in [4.69, 9.17) is 14.1 Å². The smallest absolute Gasteiger partial charge is 0.226 e. The average molecular weight is 568 g/mol. The SMILES string of the molecule is CCNC(=O)CCc1ccc(F)cc1C[C@@H]1[C@H](c2nc(CC(=O)NCCCCC3CCCCC3)co2)[C@H]2CC[C@H]1O2. The Labute approximate surface area is 243 Å². The fourth-order valence-corrected chi connectivity index (χ4v) is 7.24. The van der Waals surface area contributed by atoms with Crippen molar-refractivity contribution in [2.75, 3.05) is 13.1 Å². The number of fused-ring (bicyclic) bond motifs is 2. The average Bonchev–Trinajstić information content (AvgIpc) is 3.70. The second-order valence-electron chi connectivity index (χ2n) is 12.3. The van der Waals surface area contributed by atoms with Crippen molar-refractivity contribution >= 4 is 11.8 Å². The van der Waals surface area contributed by atoms with Crippen LogP contribution in [0.15, 0.2) is 28.9 Å². The van der Waals surface area contributed by atoms with Gasteiger partial charge in [-0.05, 0) is 68.2 Å². The number of nitrogens with zero attached hydrogens (tertiary/aromatic N) is 1. The molecular formula is C33H46FN3O4. The third-order valence-corrected chi connectivity index (χ3v) is 9.33. The van der Waals surface area contributed by atoms with E-state index in [0.717, 1.165) is 36.3 Å². The molecule has 2 aromatic rings. The molecule has 3 fully saturated rings. The molecule has 2 bridgehead atoms. The monoisotopic (exact) mass is 567 g/mol. The predicted octanol–water partition coefficient (Wildman–Crippen LogP) is 5.80. The molecule has 1 saturated carbocycles. The number of hydrogen-bond acceptors (Lipinski definition) is 5. The zero-order valence-corrected chi connectivity index (χ0v) is 24.5. The molecule has 0 spiro atoms. The van der Waals surface area contributed by atoms with Crippen LogP contribution in [0.4, 0.5) is 4.39 Å². The number of amides is 2. The summed E-state index contributed by atoms with van der Waals surface area (Å²) in [5.41, 5.74) is 2.53. The van der Waals surface area contributed by atoms with Gasteiger partial charge in [0.1, 0.15) is 12.1 Å². The molecule has 8 heteroatoms. The zero-order valence-electron chi connectivity index (χ0n) is 24.5. The largest absolute Gasteiger partial charge is 0.448 e. The number of carbonyl (C=O) groups excluding carboxylic acids is 2. The normalized spacial score (nSPS) is 24.0. The van der Waals surface area contributed by atoms with Crippen LogP contribution in [0.1, 0.15) is 106 Å². The first-order valence-electron chi connectivity index (χ1n) is 15.9. The highest BCUT2D eigenvalue weighted by Gasteiger charge is 2.51. The van der Waals surface area contributed by atoms with Gasteiger partial charge >= 0.3 is 0 Å². The summed E-state index contributed by atoms with van der Waals surface area (Å²) in [4.78, 5) is 29.4.